The average molecular weight is 223 g/mol. The van der Waals surface area contributed by atoms with Gasteiger partial charge in [-0.3, -0.25) is 0 Å². The number of aliphatic hydroxyl groups is 1. The summed E-state index contributed by atoms with van der Waals surface area (Å²) >= 11 is 0. The van der Waals surface area contributed by atoms with Crippen LogP contribution in [-0.2, 0) is 6.42 Å². The Labute approximate surface area is 96.8 Å². The van der Waals surface area contributed by atoms with Crippen molar-refractivity contribution in [2.24, 2.45) is 5.92 Å². The molecule has 1 aromatic rings. The van der Waals surface area contributed by atoms with Gasteiger partial charge in [-0.1, -0.05) is 0 Å². The van der Waals surface area contributed by atoms with Gasteiger partial charge in [0.05, 0.1) is 12.4 Å². The zero-order chi connectivity index (χ0) is 11.4. The molecule has 3 heteroatoms. The minimum Gasteiger partial charge on any atom is -0.469 e. The molecule has 3 nitrogen and oxygen atoms in total. The third kappa shape index (κ3) is 3.35. The van der Waals surface area contributed by atoms with Crippen LogP contribution >= 0.6 is 0 Å². The van der Waals surface area contributed by atoms with Gasteiger partial charge in [0, 0.05) is 12.5 Å². The van der Waals surface area contributed by atoms with Crippen LogP contribution in [0.5, 0.6) is 0 Å². The van der Waals surface area contributed by atoms with E-state index in [-0.39, 0.29) is 6.10 Å². The zero-order valence-electron chi connectivity index (χ0n) is 9.86. The number of aliphatic hydroxyl groups excluding tert-OH is 1. The van der Waals surface area contributed by atoms with Crippen LogP contribution in [0.25, 0.3) is 0 Å². The van der Waals surface area contributed by atoms with Crippen molar-refractivity contribution >= 4 is 0 Å². The number of hydrogen-bond donors (Lipinski definition) is 2. The highest BCUT2D eigenvalue weighted by atomic mass is 16.3. The van der Waals surface area contributed by atoms with Crippen molar-refractivity contribution in [3.05, 3.63) is 24.2 Å². The monoisotopic (exact) mass is 223 g/mol. The van der Waals surface area contributed by atoms with Gasteiger partial charge in [-0.2, -0.15) is 0 Å². The molecule has 0 radical (unpaired) electrons. The van der Waals surface area contributed by atoms with E-state index in [9.17, 15) is 5.11 Å². The Hall–Kier alpha value is -0.800. The second kappa shape index (κ2) is 5.51. The molecular weight excluding hydrogens is 202 g/mol. The van der Waals surface area contributed by atoms with E-state index in [1.807, 2.05) is 12.1 Å². The average Bonchev–Trinajstić information content (AvgIpc) is 2.87. The second-order valence-corrected chi connectivity index (χ2v) is 4.93. The van der Waals surface area contributed by atoms with Gasteiger partial charge in [0.15, 0.2) is 0 Å². The van der Waals surface area contributed by atoms with E-state index >= 15 is 0 Å². The van der Waals surface area contributed by atoms with E-state index in [1.165, 1.54) is 0 Å². The Balaban J connectivity index is 1.66. The molecule has 2 rings (SSSR count). The maximum absolute atomic E-state index is 9.43. The van der Waals surface area contributed by atoms with Crippen LogP contribution in [0.15, 0.2) is 22.8 Å². The molecule has 0 saturated heterocycles. The van der Waals surface area contributed by atoms with Crippen molar-refractivity contribution < 1.29 is 9.52 Å². The van der Waals surface area contributed by atoms with Crippen LogP contribution < -0.4 is 5.32 Å². The van der Waals surface area contributed by atoms with Gasteiger partial charge in [-0.15, -0.1) is 0 Å². The maximum Gasteiger partial charge on any atom is 0.105 e. The Morgan fingerprint density at radius 2 is 2.44 bits per heavy atom. The molecule has 1 saturated carbocycles. The largest absolute Gasteiger partial charge is 0.469 e. The number of furan rings is 1. The first-order valence-electron chi connectivity index (χ1n) is 6.18. The number of nitrogens with one attached hydrogen (secondary N) is 1. The molecule has 1 fully saturated rings. The van der Waals surface area contributed by atoms with E-state index in [4.69, 9.17) is 4.42 Å². The lowest BCUT2D eigenvalue weighted by molar-refractivity contribution is 0.177. The normalized spacial score (nSPS) is 27.1. The summed E-state index contributed by atoms with van der Waals surface area (Å²) in [7, 11) is 0. The van der Waals surface area contributed by atoms with Crippen LogP contribution in [0.2, 0.25) is 0 Å². The molecule has 0 bridgehead atoms. The summed E-state index contributed by atoms with van der Waals surface area (Å²) in [5, 5.41) is 12.9. The SMILES string of the molecule is CC(Cc1ccco1)NCC1CCC(O)C1. The molecule has 0 spiro atoms. The molecule has 1 aliphatic rings. The third-order valence-electron chi connectivity index (χ3n) is 3.36. The van der Waals surface area contributed by atoms with Crippen molar-refractivity contribution in [3.63, 3.8) is 0 Å². The summed E-state index contributed by atoms with van der Waals surface area (Å²) in [6.45, 7) is 3.19. The molecule has 90 valence electrons. The van der Waals surface area contributed by atoms with Gasteiger partial charge < -0.3 is 14.8 Å². The Morgan fingerprint density at radius 1 is 1.56 bits per heavy atom. The molecule has 2 N–H and O–H groups in total. The molecule has 0 amide bonds. The standard InChI is InChI=1S/C13H21NO2/c1-10(7-13-3-2-6-16-13)14-9-11-4-5-12(15)8-11/h2-3,6,10-12,14-15H,4-5,7-9H2,1H3. The zero-order valence-corrected chi connectivity index (χ0v) is 9.86. The predicted octanol–water partition coefficient (Wildman–Crippen LogP) is 1.96. The van der Waals surface area contributed by atoms with Crippen LogP contribution in [0.3, 0.4) is 0 Å². The Morgan fingerprint density at radius 3 is 3.06 bits per heavy atom. The number of rotatable bonds is 5. The van der Waals surface area contributed by atoms with Gasteiger partial charge in [-0.25, -0.2) is 0 Å². The van der Waals surface area contributed by atoms with Crippen molar-refractivity contribution in [2.45, 2.75) is 44.8 Å². The fourth-order valence-corrected chi connectivity index (χ4v) is 2.40. The highest BCUT2D eigenvalue weighted by molar-refractivity contribution is 4.99. The summed E-state index contributed by atoms with van der Waals surface area (Å²) in [6, 6.07) is 4.37. The quantitative estimate of drug-likeness (QED) is 0.802. The molecular formula is C13H21NO2. The molecule has 16 heavy (non-hydrogen) atoms. The van der Waals surface area contributed by atoms with E-state index in [2.05, 4.69) is 12.2 Å². The lowest BCUT2D eigenvalue weighted by Gasteiger charge is -2.16. The first-order valence-corrected chi connectivity index (χ1v) is 6.18. The predicted molar refractivity (Wildman–Crippen MR) is 63.2 cm³/mol. The summed E-state index contributed by atoms with van der Waals surface area (Å²) in [6.07, 6.45) is 5.67. The molecule has 1 aliphatic carbocycles. The molecule has 0 aromatic carbocycles. The van der Waals surface area contributed by atoms with E-state index in [0.29, 0.717) is 12.0 Å². The summed E-state index contributed by atoms with van der Waals surface area (Å²) in [5.41, 5.74) is 0. The van der Waals surface area contributed by atoms with Gasteiger partial charge in [0.25, 0.3) is 0 Å². The minimum atomic E-state index is -0.0628. The summed E-state index contributed by atoms with van der Waals surface area (Å²) in [5.74, 6) is 1.68. The van der Waals surface area contributed by atoms with Crippen LogP contribution in [0, 0.1) is 5.92 Å². The first kappa shape index (κ1) is 11.7. The first-order chi connectivity index (χ1) is 7.74. The van der Waals surface area contributed by atoms with Crippen molar-refractivity contribution in [2.75, 3.05) is 6.54 Å². The van der Waals surface area contributed by atoms with Crippen molar-refractivity contribution in [1.82, 2.24) is 5.32 Å². The van der Waals surface area contributed by atoms with Crippen LogP contribution in [0.1, 0.15) is 31.9 Å². The van der Waals surface area contributed by atoms with Gasteiger partial charge in [0.2, 0.25) is 0 Å². The highest BCUT2D eigenvalue weighted by Gasteiger charge is 2.22. The van der Waals surface area contributed by atoms with Gasteiger partial charge in [-0.05, 0) is 50.8 Å². The lowest BCUT2D eigenvalue weighted by Crippen LogP contribution is -2.32. The fraction of sp³-hybridized carbons (Fsp3) is 0.692. The molecule has 3 unspecified atom stereocenters. The molecule has 0 aliphatic heterocycles. The van der Waals surface area contributed by atoms with Gasteiger partial charge >= 0.3 is 0 Å². The van der Waals surface area contributed by atoms with Crippen LogP contribution in [0.4, 0.5) is 0 Å². The molecule has 3 atom stereocenters. The third-order valence-corrected chi connectivity index (χ3v) is 3.36. The van der Waals surface area contributed by atoms with Crippen LogP contribution in [-0.4, -0.2) is 23.8 Å². The second-order valence-electron chi connectivity index (χ2n) is 4.93. The lowest BCUT2D eigenvalue weighted by atomic mass is 10.1. The topological polar surface area (TPSA) is 45.4 Å². The van der Waals surface area contributed by atoms with E-state index < -0.39 is 0 Å². The summed E-state index contributed by atoms with van der Waals surface area (Å²) in [4.78, 5) is 0. The fourth-order valence-electron chi connectivity index (χ4n) is 2.40. The molecule has 1 aromatic heterocycles. The highest BCUT2D eigenvalue weighted by Crippen LogP contribution is 2.24. The number of hydrogen-bond acceptors (Lipinski definition) is 3. The smallest absolute Gasteiger partial charge is 0.105 e. The Kier molecular flexibility index (Phi) is 4.02. The maximum atomic E-state index is 9.43. The minimum absolute atomic E-state index is 0.0628. The van der Waals surface area contributed by atoms with Crippen molar-refractivity contribution in [3.8, 4) is 0 Å². The summed E-state index contributed by atoms with van der Waals surface area (Å²) < 4.78 is 5.31. The van der Waals surface area contributed by atoms with Crippen molar-refractivity contribution in [1.29, 1.82) is 0 Å². The van der Waals surface area contributed by atoms with E-state index in [1.54, 1.807) is 6.26 Å². The molecule has 1 heterocycles. The van der Waals surface area contributed by atoms with Gasteiger partial charge in [0.1, 0.15) is 5.76 Å². The Bertz CT molecular complexity index is 297. The van der Waals surface area contributed by atoms with E-state index in [0.717, 1.165) is 38.0 Å².